The molecule has 0 aliphatic rings. The van der Waals surface area contributed by atoms with Gasteiger partial charge in [0.2, 0.25) is 0 Å². The summed E-state index contributed by atoms with van der Waals surface area (Å²) in [6, 6.07) is 29.9. The summed E-state index contributed by atoms with van der Waals surface area (Å²) in [6.07, 6.45) is 3.58. The molecule has 2 heterocycles. The Hall–Kier alpha value is -3.58. The summed E-state index contributed by atoms with van der Waals surface area (Å²) in [5, 5.41) is 30.3. The van der Waals surface area contributed by atoms with Gasteiger partial charge in [-0.15, -0.1) is 0 Å². The molecule has 0 bridgehead atoms. The Bertz CT molecular complexity index is 1810. The molecule has 45 heavy (non-hydrogen) atoms. The minimum atomic E-state index is -1.41. The standard InChI is InChI=1S/C16H13BrClN3.C10H10BrN3.C6H6BClO2/c1-21-16(15(17)10-19-21)11-3-2-4-14(9-11)20-13-7-5-12(18)6-8-13;1-14-10(9(11)6-13-14)7-3-2-4-8(12)5-7;8-6-3-1-5(2-4-6)7(9)10/h2-10,20H,1H3;2-6H,12H2,1H3;1-4,9-10H. The third-order valence-electron chi connectivity index (χ3n) is 6.39. The highest BCUT2D eigenvalue weighted by molar-refractivity contribution is 9.11. The Labute approximate surface area is 288 Å². The fourth-order valence-corrected chi connectivity index (χ4v) is 5.64. The number of anilines is 3. The summed E-state index contributed by atoms with van der Waals surface area (Å²) < 4.78 is 5.63. The van der Waals surface area contributed by atoms with E-state index in [0.29, 0.717) is 10.5 Å². The minimum absolute atomic E-state index is 0.449. The zero-order valence-corrected chi connectivity index (χ0v) is 28.9. The van der Waals surface area contributed by atoms with E-state index in [1.54, 1.807) is 36.7 Å². The Balaban J connectivity index is 0.000000166. The van der Waals surface area contributed by atoms with Gasteiger partial charge in [0.15, 0.2) is 0 Å². The van der Waals surface area contributed by atoms with Crippen LogP contribution >= 0.6 is 55.1 Å². The molecule has 0 saturated carbocycles. The number of halogens is 4. The van der Waals surface area contributed by atoms with Crippen LogP contribution in [0, 0.1) is 0 Å². The van der Waals surface area contributed by atoms with Gasteiger partial charge in [0, 0.05) is 52.3 Å². The van der Waals surface area contributed by atoms with Gasteiger partial charge < -0.3 is 21.1 Å². The van der Waals surface area contributed by atoms with E-state index in [2.05, 4.69) is 59.5 Å². The molecule has 2 aromatic heterocycles. The van der Waals surface area contributed by atoms with E-state index in [-0.39, 0.29) is 0 Å². The first kappa shape index (κ1) is 34.3. The maximum absolute atomic E-state index is 8.63. The van der Waals surface area contributed by atoms with E-state index in [0.717, 1.165) is 53.5 Å². The number of nitrogens with two attached hydrogens (primary N) is 1. The number of aromatic nitrogens is 4. The Morgan fingerprint density at radius 2 is 1.18 bits per heavy atom. The minimum Gasteiger partial charge on any atom is -0.423 e. The van der Waals surface area contributed by atoms with Crippen molar-refractivity contribution in [1.29, 1.82) is 0 Å². The SMILES string of the molecule is Cn1ncc(Br)c1-c1cccc(N)c1.Cn1ncc(Br)c1-c1cccc(Nc2ccc(Cl)cc2)c1.OB(O)c1ccc(Cl)cc1. The van der Waals surface area contributed by atoms with Crippen LogP contribution in [0.2, 0.25) is 10.0 Å². The normalized spacial score (nSPS) is 10.3. The number of hydrogen-bond acceptors (Lipinski definition) is 6. The predicted molar refractivity (Wildman–Crippen MR) is 193 cm³/mol. The molecular formula is C32H29BBr2Cl2N6O2. The zero-order valence-electron chi connectivity index (χ0n) is 24.2. The lowest BCUT2D eigenvalue weighted by Gasteiger charge is -2.09. The first-order chi connectivity index (χ1) is 21.5. The molecule has 0 fully saturated rings. The Morgan fingerprint density at radius 3 is 1.64 bits per heavy atom. The molecule has 0 radical (unpaired) electrons. The lowest BCUT2D eigenvalue weighted by atomic mass is 9.81. The smallest absolute Gasteiger partial charge is 0.423 e. The van der Waals surface area contributed by atoms with Gasteiger partial charge in [0.1, 0.15) is 0 Å². The number of nitrogens with one attached hydrogen (secondary N) is 1. The number of benzene rings is 4. The van der Waals surface area contributed by atoms with Crippen molar-refractivity contribution < 1.29 is 10.0 Å². The molecule has 13 heteroatoms. The van der Waals surface area contributed by atoms with Crippen molar-refractivity contribution in [2.45, 2.75) is 0 Å². The second-order valence-electron chi connectivity index (χ2n) is 9.69. The van der Waals surface area contributed by atoms with Gasteiger partial charge in [-0.2, -0.15) is 10.2 Å². The molecule has 8 nitrogen and oxygen atoms in total. The van der Waals surface area contributed by atoms with Crippen LogP contribution in [0.5, 0.6) is 0 Å². The van der Waals surface area contributed by atoms with Crippen LogP contribution in [-0.4, -0.2) is 36.7 Å². The molecule has 5 N–H and O–H groups in total. The quantitative estimate of drug-likeness (QED) is 0.106. The summed E-state index contributed by atoms with van der Waals surface area (Å²) in [6.45, 7) is 0. The summed E-state index contributed by atoms with van der Waals surface area (Å²) in [4.78, 5) is 0. The van der Waals surface area contributed by atoms with E-state index >= 15 is 0 Å². The molecule has 0 unspecified atom stereocenters. The fourth-order valence-electron chi connectivity index (χ4n) is 4.24. The molecule has 0 atom stereocenters. The summed E-state index contributed by atoms with van der Waals surface area (Å²) >= 11 is 18.4. The van der Waals surface area contributed by atoms with Crippen molar-refractivity contribution in [3.63, 3.8) is 0 Å². The van der Waals surface area contributed by atoms with Gasteiger partial charge in [-0.05, 0) is 98.0 Å². The molecule has 230 valence electrons. The lowest BCUT2D eigenvalue weighted by Crippen LogP contribution is -2.29. The van der Waals surface area contributed by atoms with Crippen LogP contribution in [0.4, 0.5) is 17.1 Å². The van der Waals surface area contributed by atoms with Crippen LogP contribution < -0.4 is 16.5 Å². The van der Waals surface area contributed by atoms with Crippen molar-refractivity contribution in [3.05, 3.63) is 128 Å². The highest BCUT2D eigenvalue weighted by Crippen LogP contribution is 2.30. The van der Waals surface area contributed by atoms with Gasteiger partial charge in [-0.3, -0.25) is 9.36 Å². The summed E-state index contributed by atoms with van der Waals surface area (Å²) in [5.74, 6) is 0. The van der Waals surface area contributed by atoms with Crippen LogP contribution in [0.15, 0.2) is 118 Å². The van der Waals surface area contributed by atoms with Crippen LogP contribution in [0.3, 0.4) is 0 Å². The lowest BCUT2D eigenvalue weighted by molar-refractivity contribution is 0.426. The van der Waals surface area contributed by atoms with Gasteiger partial charge in [0.25, 0.3) is 0 Å². The van der Waals surface area contributed by atoms with Gasteiger partial charge >= 0.3 is 7.12 Å². The van der Waals surface area contributed by atoms with Gasteiger partial charge in [-0.1, -0.05) is 59.6 Å². The number of aryl methyl sites for hydroxylation is 2. The largest absolute Gasteiger partial charge is 0.488 e. The molecule has 0 aliphatic carbocycles. The van der Waals surface area contributed by atoms with Crippen molar-refractivity contribution in [2.75, 3.05) is 11.1 Å². The molecule has 0 aliphatic heterocycles. The first-order valence-corrected chi connectivity index (χ1v) is 15.8. The van der Waals surface area contributed by atoms with E-state index in [1.807, 2.05) is 84.1 Å². The van der Waals surface area contributed by atoms with Crippen molar-refractivity contribution in [1.82, 2.24) is 19.6 Å². The monoisotopic (exact) mass is 768 g/mol. The first-order valence-electron chi connectivity index (χ1n) is 13.5. The highest BCUT2D eigenvalue weighted by atomic mass is 79.9. The molecule has 0 saturated heterocycles. The molecule has 0 spiro atoms. The molecule has 4 aromatic carbocycles. The van der Waals surface area contributed by atoms with Crippen molar-refractivity contribution in [2.24, 2.45) is 14.1 Å². The molecule has 6 aromatic rings. The Kier molecular flexibility index (Phi) is 12.3. The maximum Gasteiger partial charge on any atom is 0.488 e. The topological polar surface area (TPSA) is 114 Å². The number of hydrogen-bond donors (Lipinski definition) is 4. The van der Waals surface area contributed by atoms with E-state index < -0.39 is 7.12 Å². The Morgan fingerprint density at radius 1 is 0.689 bits per heavy atom. The summed E-state index contributed by atoms with van der Waals surface area (Å²) in [5.41, 5.74) is 13.2. The molecule has 6 rings (SSSR count). The van der Waals surface area contributed by atoms with E-state index in [9.17, 15) is 0 Å². The number of rotatable bonds is 5. The van der Waals surface area contributed by atoms with E-state index in [4.69, 9.17) is 39.0 Å². The van der Waals surface area contributed by atoms with Gasteiger partial charge in [-0.25, -0.2) is 0 Å². The third kappa shape index (κ3) is 9.70. The van der Waals surface area contributed by atoms with Crippen LogP contribution in [0.1, 0.15) is 0 Å². The van der Waals surface area contributed by atoms with Crippen LogP contribution in [-0.2, 0) is 14.1 Å². The van der Waals surface area contributed by atoms with Crippen LogP contribution in [0.25, 0.3) is 22.5 Å². The number of nitrogens with zero attached hydrogens (tertiary/aromatic N) is 4. The second-order valence-corrected chi connectivity index (χ2v) is 12.3. The van der Waals surface area contributed by atoms with E-state index in [1.165, 1.54) is 0 Å². The maximum atomic E-state index is 8.63. The average molecular weight is 771 g/mol. The third-order valence-corrected chi connectivity index (χ3v) is 8.05. The molecular weight excluding hydrogens is 742 g/mol. The summed E-state index contributed by atoms with van der Waals surface area (Å²) in [7, 11) is 2.43. The molecule has 0 amide bonds. The van der Waals surface area contributed by atoms with Crippen molar-refractivity contribution >= 4 is 84.7 Å². The zero-order chi connectivity index (χ0) is 32.5. The van der Waals surface area contributed by atoms with Crippen molar-refractivity contribution in [3.8, 4) is 22.5 Å². The van der Waals surface area contributed by atoms with Gasteiger partial charge in [0.05, 0.1) is 32.7 Å². The predicted octanol–water partition coefficient (Wildman–Crippen LogP) is 7.70. The fraction of sp³-hybridized carbons (Fsp3) is 0.0625. The highest BCUT2D eigenvalue weighted by Gasteiger charge is 2.10. The second kappa shape index (κ2) is 16.1. The number of nitrogen functional groups attached to an aromatic ring is 1. The average Bonchev–Trinajstić information content (AvgIpc) is 3.54.